The predicted molar refractivity (Wildman–Crippen MR) is 260 cm³/mol. The molecule has 0 radical (unpaired) electrons. The van der Waals surface area contributed by atoms with Gasteiger partial charge in [0.1, 0.15) is 46.0 Å². The molecule has 0 aromatic heterocycles. The highest BCUT2D eigenvalue weighted by molar-refractivity contribution is 7.46. The third-order valence-electron chi connectivity index (χ3n) is 13.6. The van der Waals surface area contributed by atoms with Crippen molar-refractivity contribution in [3.8, 4) is 46.0 Å². The molecule has 4 aliphatic heterocycles. The molecule has 16 heteroatoms. The van der Waals surface area contributed by atoms with Gasteiger partial charge in [-0.05, 0) is 24.3 Å². The van der Waals surface area contributed by atoms with Crippen LogP contribution >= 0.6 is 34.1 Å². The maximum absolute atomic E-state index is 7.13. The van der Waals surface area contributed by atoms with Crippen LogP contribution in [0.2, 0.25) is 0 Å². The fraction of sp³-hybridized carbons (Fsp3) is 0.500. The quantitative estimate of drug-likeness (QED) is 0.127. The Labute approximate surface area is 385 Å². The Bertz CT molecular complexity index is 1930. The Morgan fingerprint density at radius 3 is 0.547 bits per heavy atom. The predicted octanol–water partition coefficient (Wildman–Crippen LogP) is 14.0. The molecule has 8 bridgehead atoms. The maximum atomic E-state index is 7.13. The monoisotopic (exact) mass is 948 g/mol. The summed E-state index contributed by atoms with van der Waals surface area (Å²) < 4.78 is 66.1. The number of hydrogen-bond donors (Lipinski definition) is 0. The van der Waals surface area contributed by atoms with Gasteiger partial charge in [-0.2, -0.15) is 0 Å². The first-order valence-corrected chi connectivity index (χ1v) is 27.8. The maximum Gasteiger partial charge on any atom is 0.384 e. The molecular formula is C48H64N4O8P4. The fourth-order valence-corrected chi connectivity index (χ4v) is 15.0. The molecule has 9 rings (SSSR count). The standard InChI is InChI=1S/C48H64N4O8P4/c1-13-49(14-2)61-53-41-25-43-35-21-33(41)29(9)34-22-36-31(11)38-24-40-32(12)39-23-37(30(35)10)45(57-62(55-43)50(15-3)16-4)27-47(39)59-64(52(19-7)20-8)60-48(40)28-46(38)58-63(51(17-5)18-6)56-44(36)26-42(34)54-61/h21-32H,13-20H2,1-12H3. The highest BCUT2D eigenvalue weighted by atomic mass is 31.2. The summed E-state index contributed by atoms with van der Waals surface area (Å²) in [6.07, 6.45) is 0. The summed E-state index contributed by atoms with van der Waals surface area (Å²) in [7, 11) is -6.34. The average Bonchev–Trinajstić information content (AvgIpc) is 3.28. The van der Waals surface area contributed by atoms with Gasteiger partial charge in [0.2, 0.25) is 0 Å². The van der Waals surface area contributed by atoms with Crippen LogP contribution in [0.3, 0.4) is 0 Å². The molecule has 1 aliphatic carbocycles. The van der Waals surface area contributed by atoms with E-state index in [-0.39, 0.29) is 23.7 Å². The lowest BCUT2D eigenvalue weighted by molar-refractivity contribution is 0.352. The number of hydrogen-bond acceptors (Lipinski definition) is 12. The van der Waals surface area contributed by atoms with Gasteiger partial charge in [0.05, 0.1) is 0 Å². The van der Waals surface area contributed by atoms with Crippen molar-refractivity contribution >= 4 is 34.1 Å². The molecular weight excluding hydrogens is 884 g/mol. The molecule has 4 aromatic rings. The highest BCUT2D eigenvalue weighted by Crippen LogP contribution is 2.62. The summed E-state index contributed by atoms with van der Waals surface area (Å²) >= 11 is 0. The Hall–Kier alpha value is -3.16. The van der Waals surface area contributed by atoms with Crippen molar-refractivity contribution in [2.24, 2.45) is 0 Å². The molecule has 0 fully saturated rings. The summed E-state index contributed by atoms with van der Waals surface area (Å²) in [5.74, 6) is 5.67. The van der Waals surface area contributed by atoms with Crippen molar-refractivity contribution in [1.82, 2.24) is 18.7 Å². The summed E-state index contributed by atoms with van der Waals surface area (Å²) in [6, 6.07) is 17.8. The van der Waals surface area contributed by atoms with E-state index in [0.29, 0.717) is 0 Å². The molecule has 5 aliphatic rings. The van der Waals surface area contributed by atoms with Crippen molar-refractivity contribution in [3.05, 3.63) is 93.0 Å². The third-order valence-corrected chi connectivity index (χ3v) is 20.5. The third kappa shape index (κ3) is 8.00. The Morgan fingerprint density at radius 2 is 0.422 bits per heavy atom. The van der Waals surface area contributed by atoms with Gasteiger partial charge in [-0.25, -0.2) is 18.7 Å². The first-order chi connectivity index (χ1) is 31.0. The van der Waals surface area contributed by atoms with Crippen LogP contribution in [0.25, 0.3) is 0 Å². The van der Waals surface area contributed by atoms with Gasteiger partial charge in [-0.1, -0.05) is 83.1 Å². The molecule has 0 saturated carbocycles. The summed E-state index contributed by atoms with van der Waals surface area (Å²) in [6.45, 7) is 32.4. The lowest BCUT2D eigenvalue weighted by Gasteiger charge is -2.38. The minimum Gasteiger partial charge on any atom is -0.427 e. The van der Waals surface area contributed by atoms with E-state index in [1.165, 1.54) is 0 Å². The summed E-state index contributed by atoms with van der Waals surface area (Å²) in [4.78, 5) is 0. The van der Waals surface area contributed by atoms with E-state index < -0.39 is 34.1 Å². The van der Waals surface area contributed by atoms with Crippen molar-refractivity contribution in [2.75, 3.05) is 52.4 Å². The molecule has 0 saturated heterocycles. The molecule has 0 spiro atoms. The molecule has 0 unspecified atom stereocenters. The van der Waals surface area contributed by atoms with Crippen LogP contribution in [0.15, 0.2) is 48.5 Å². The van der Waals surface area contributed by atoms with Crippen LogP contribution in [-0.2, 0) is 0 Å². The zero-order valence-corrected chi connectivity index (χ0v) is 43.0. The molecule has 0 atom stereocenters. The van der Waals surface area contributed by atoms with Crippen LogP contribution in [0, 0.1) is 0 Å². The van der Waals surface area contributed by atoms with Gasteiger partial charge in [0.15, 0.2) is 0 Å². The van der Waals surface area contributed by atoms with E-state index in [4.69, 9.17) is 36.2 Å². The first kappa shape index (κ1) is 46.0. The van der Waals surface area contributed by atoms with Crippen molar-refractivity contribution in [2.45, 2.75) is 107 Å². The highest BCUT2D eigenvalue weighted by Gasteiger charge is 2.41. The molecule has 64 heavy (non-hydrogen) atoms. The van der Waals surface area contributed by atoms with E-state index in [9.17, 15) is 0 Å². The van der Waals surface area contributed by atoms with Crippen molar-refractivity contribution in [3.63, 3.8) is 0 Å². The number of rotatable bonds is 12. The van der Waals surface area contributed by atoms with Gasteiger partial charge in [0.25, 0.3) is 0 Å². The zero-order valence-electron chi connectivity index (χ0n) is 39.4. The Kier molecular flexibility index (Phi) is 13.5. The Morgan fingerprint density at radius 1 is 0.281 bits per heavy atom. The molecule has 0 amide bonds. The van der Waals surface area contributed by atoms with Gasteiger partial charge in [-0.15, -0.1) is 0 Å². The van der Waals surface area contributed by atoms with Crippen LogP contribution in [0.1, 0.15) is 151 Å². The van der Waals surface area contributed by atoms with Gasteiger partial charge in [-0.3, -0.25) is 0 Å². The fourth-order valence-electron chi connectivity index (χ4n) is 9.42. The zero-order chi connectivity index (χ0) is 45.1. The second-order valence-electron chi connectivity index (χ2n) is 16.8. The largest absolute Gasteiger partial charge is 0.427 e. The molecule has 0 N–H and O–H groups in total. The number of benzene rings is 4. The van der Waals surface area contributed by atoms with E-state index >= 15 is 0 Å². The van der Waals surface area contributed by atoms with Crippen LogP contribution < -0.4 is 36.2 Å². The molecule has 4 heterocycles. The van der Waals surface area contributed by atoms with Gasteiger partial charge in [0, 0.05) is 145 Å². The Balaban J connectivity index is 1.40. The normalized spacial score (nSPS) is 24.8. The molecule has 12 nitrogen and oxygen atoms in total. The van der Waals surface area contributed by atoms with E-state index in [0.717, 1.165) is 143 Å². The van der Waals surface area contributed by atoms with Crippen LogP contribution in [0.4, 0.5) is 0 Å². The van der Waals surface area contributed by atoms with Crippen molar-refractivity contribution < 1.29 is 36.2 Å². The average molecular weight is 949 g/mol. The second kappa shape index (κ2) is 18.8. The van der Waals surface area contributed by atoms with Crippen molar-refractivity contribution in [1.29, 1.82) is 0 Å². The first-order valence-electron chi connectivity index (χ1n) is 23.3. The summed E-state index contributed by atoms with van der Waals surface area (Å²) in [5, 5.41) is 0. The second-order valence-corrected chi connectivity index (χ2v) is 22.5. The van der Waals surface area contributed by atoms with Crippen LogP contribution in [-0.4, -0.2) is 71.0 Å². The minimum atomic E-state index is -1.58. The summed E-state index contributed by atoms with van der Waals surface area (Å²) in [5.41, 5.74) is 8.71. The minimum absolute atomic E-state index is 0.111. The van der Waals surface area contributed by atoms with E-state index in [1.54, 1.807) is 0 Å². The molecule has 4 aromatic carbocycles. The lowest BCUT2D eigenvalue weighted by atomic mass is 9.81. The molecule has 344 valence electrons. The topological polar surface area (TPSA) is 86.8 Å². The van der Waals surface area contributed by atoms with E-state index in [2.05, 4.69) is 150 Å². The smallest absolute Gasteiger partial charge is 0.384 e. The van der Waals surface area contributed by atoms with Crippen LogP contribution in [0.5, 0.6) is 46.0 Å². The number of nitrogens with zero attached hydrogens (tertiary/aromatic N) is 4. The van der Waals surface area contributed by atoms with Gasteiger partial charge < -0.3 is 36.2 Å². The van der Waals surface area contributed by atoms with E-state index in [1.807, 2.05) is 0 Å². The van der Waals surface area contributed by atoms with Gasteiger partial charge >= 0.3 is 34.1 Å². The SMILES string of the molecule is CCN(CC)P1Oc2cc3c4cc2C(C)c2cc5c(cc2O1)OP(N(CC)CC)Oc1cc2c(cc1C5C)C(C)c1cc(c(cc1OP(N(CC)CC)O2)OP(N(CC)CC)O3)C4C. The lowest BCUT2D eigenvalue weighted by Crippen LogP contribution is -2.26.